The van der Waals surface area contributed by atoms with Crippen LogP contribution in [-0.2, 0) is 33.9 Å². The molecule has 2 aromatic carbocycles. The van der Waals surface area contributed by atoms with Crippen LogP contribution in [0.4, 0.5) is 0 Å². The van der Waals surface area contributed by atoms with Crippen molar-refractivity contribution in [2.75, 3.05) is 26.7 Å². The van der Waals surface area contributed by atoms with Gasteiger partial charge in [-0.3, -0.25) is 23.9 Å². The van der Waals surface area contributed by atoms with Gasteiger partial charge in [-0.1, -0.05) is 55.3 Å². The van der Waals surface area contributed by atoms with Gasteiger partial charge in [0.15, 0.2) is 0 Å². The number of benzene rings is 2. The number of rotatable bonds is 9. The van der Waals surface area contributed by atoms with Crippen LogP contribution in [0.2, 0.25) is 0 Å². The Morgan fingerprint density at radius 2 is 1.75 bits per heavy atom. The molecule has 3 aliphatic heterocycles. The Morgan fingerprint density at radius 1 is 0.983 bits per heavy atom. The van der Waals surface area contributed by atoms with Crippen LogP contribution in [0.1, 0.15) is 78.1 Å². The van der Waals surface area contributed by atoms with E-state index >= 15 is 0 Å². The molecule has 320 valence electrons. The molecule has 0 radical (unpaired) electrons. The third kappa shape index (κ3) is 9.02. The number of fused-ring (bicyclic) bond motifs is 3. The maximum Gasteiger partial charge on any atom is 0.259 e. The normalized spacial score (nSPS) is 28.8. The summed E-state index contributed by atoms with van der Waals surface area (Å²) in [5.41, 5.74) is 0.686. The number of allylic oxidation sites excluding steroid dienone is 1. The standard InChI is InChI=1S/C45H55N5O9S/c1-28-25-49(26-29(2)58-28)41(51)20-31-14-8-5-4-6-11-15-32-24-45(32,44(54)48-60(55,56)35-17-18-35)47-42(52)39-22-34(27-50(39)43(31)53)59-40-23-37(30-12-9-7-10-13-30)46-38-21-33(57-3)16-19-36(38)40/h7,9-13,15-16,19,21,23,28-29,31-32,34-35,39H,4-6,8,14,17-18,20,22,24-27H2,1-3H3,(H,47,52)(H,48,54)/t28?,29?,31-,32-,34-,39+,45-/m1/s1. The molecule has 15 heteroatoms. The number of ether oxygens (including phenoxy) is 3. The van der Waals surface area contributed by atoms with Crippen LogP contribution in [0.15, 0.2) is 66.7 Å². The average Bonchev–Trinajstić information content (AvgIpc) is 4.16. The Balaban J connectivity index is 1.12. The molecule has 14 nitrogen and oxygen atoms in total. The van der Waals surface area contributed by atoms with E-state index in [0.717, 1.165) is 24.8 Å². The van der Waals surface area contributed by atoms with Gasteiger partial charge in [-0.05, 0) is 64.5 Å². The number of amides is 4. The van der Waals surface area contributed by atoms with Gasteiger partial charge in [0.1, 0.15) is 29.2 Å². The van der Waals surface area contributed by atoms with Crippen molar-refractivity contribution in [1.29, 1.82) is 0 Å². The van der Waals surface area contributed by atoms with E-state index in [0.29, 0.717) is 66.9 Å². The summed E-state index contributed by atoms with van der Waals surface area (Å²) >= 11 is 0. The van der Waals surface area contributed by atoms with Crippen LogP contribution in [0, 0.1) is 11.8 Å². The SMILES string of the molecule is COc1ccc2c(O[C@@H]3C[C@H]4C(=O)N[C@]5(C(=O)NS(=O)(=O)C6CC6)C[C@H]5C=CCCCCC[C@H](CC(=O)N5CC(C)OC(C)C5)C(=O)N4C3)cc(-c3ccccc3)nc2c1. The van der Waals surface area contributed by atoms with Crippen molar-refractivity contribution in [3.63, 3.8) is 0 Å². The third-order valence-electron chi connectivity index (χ3n) is 12.5. The molecule has 60 heavy (non-hydrogen) atoms. The molecule has 3 aromatic rings. The first-order valence-corrected chi connectivity index (χ1v) is 22.9. The lowest BCUT2D eigenvalue weighted by molar-refractivity contribution is -0.149. The average molecular weight is 842 g/mol. The van der Waals surface area contributed by atoms with Crippen molar-refractivity contribution < 1.29 is 41.8 Å². The number of sulfonamides is 1. The number of pyridine rings is 1. The predicted octanol–water partition coefficient (Wildman–Crippen LogP) is 4.90. The van der Waals surface area contributed by atoms with Gasteiger partial charge in [-0.2, -0.15) is 0 Å². The molecule has 4 amide bonds. The van der Waals surface area contributed by atoms with E-state index in [2.05, 4.69) is 10.0 Å². The highest BCUT2D eigenvalue weighted by atomic mass is 32.2. The molecule has 2 N–H and O–H groups in total. The van der Waals surface area contributed by atoms with Crippen molar-refractivity contribution in [3.8, 4) is 22.8 Å². The molecule has 0 bridgehead atoms. The van der Waals surface area contributed by atoms with Crippen molar-refractivity contribution in [3.05, 3.63) is 66.7 Å². The Hall–Kier alpha value is -5.02. The van der Waals surface area contributed by atoms with Crippen molar-refractivity contribution in [2.24, 2.45) is 11.8 Å². The second kappa shape index (κ2) is 17.2. The summed E-state index contributed by atoms with van der Waals surface area (Å²) in [6.45, 7) is 4.76. The molecule has 2 saturated heterocycles. The lowest BCUT2D eigenvalue weighted by Gasteiger charge is -2.36. The summed E-state index contributed by atoms with van der Waals surface area (Å²) in [6, 6.07) is 16.0. The van der Waals surface area contributed by atoms with Crippen molar-refractivity contribution in [1.82, 2.24) is 24.8 Å². The Morgan fingerprint density at radius 3 is 2.48 bits per heavy atom. The zero-order chi connectivity index (χ0) is 42.2. The molecule has 7 atom stereocenters. The van der Waals surface area contributed by atoms with E-state index in [1.807, 2.05) is 80.6 Å². The maximum absolute atomic E-state index is 15.0. The molecule has 2 unspecified atom stereocenters. The highest BCUT2D eigenvalue weighted by molar-refractivity contribution is 7.91. The number of nitrogens with one attached hydrogen (secondary N) is 2. The van der Waals surface area contributed by atoms with Gasteiger partial charge >= 0.3 is 0 Å². The molecule has 8 rings (SSSR count). The van der Waals surface area contributed by atoms with Gasteiger partial charge in [0.25, 0.3) is 5.91 Å². The maximum atomic E-state index is 15.0. The van der Waals surface area contributed by atoms with E-state index in [9.17, 15) is 27.6 Å². The highest BCUT2D eigenvalue weighted by Crippen LogP contribution is 2.46. The fourth-order valence-electron chi connectivity index (χ4n) is 9.04. The molecule has 0 spiro atoms. The predicted molar refractivity (Wildman–Crippen MR) is 224 cm³/mol. The van der Waals surface area contributed by atoms with Crippen LogP contribution in [0.3, 0.4) is 0 Å². The zero-order valence-electron chi connectivity index (χ0n) is 34.5. The lowest BCUT2D eigenvalue weighted by atomic mass is 9.94. The van der Waals surface area contributed by atoms with E-state index < -0.39 is 56.6 Å². The van der Waals surface area contributed by atoms with E-state index in [-0.39, 0.29) is 49.8 Å². The first-order valence-electron chi connectivity index (χ1n) is 21.3. The number of methoxy groups -OCH3 is 1. The van der Waals surface area contributed by atoms with E-state index in [4.69, 9.17) is 19.2 Å². The van der Waals surface area contributed by atoms with E-state index in [1.54, 1.807) is 12.0 Å². The summed E-state index contributed by atoms with van der Waals surface area (Å²) in [5, 5.41) is 3.05. The number of aromatic nitrogens is 1. The Labute approximate surface area is 351 Å². The highest BCUT2D eigenvalue weighted by Gasteiger charge is 2.62. The summed E-state index contributed by atoms with van der Waals surface area (Å²) in [6.07, 6.45) is 7.75. The number of hydrogen-bond acceptors (Lipinski definition) is 10. The first-order chi connectivity index (χ1) is 28.8. The number of hydrogen-bond donors (Lipinski definition) is 2. The molecule has 5 aliphatic rings. The molecular weight excluding hydrogens is 787 g/mol. The summed E-state index contributed by atoms with van der Waals surface area (Å²) in [7, 11) is -2.31. The van der Waals surface area contributed by atoms with Gasteiger partial charge in [0, 0.05) is 60.8 Å². The van der Waals surface area contributed by atoms with Crippen LogP contribution < -0.4 is 19.5 Å². The molecular formula is C45H55N5O9S. The second-order valence-electron chi connectivity index (χ2n) is 17.2. The van der Waals surface area contributed by atoms with E-state index in [1.165, 1.54) is 4.90 Å². The summed E-state index contributed by atoms with van der Waals surface area (Å²) < 4.78 is 46.4. The van der Waals surface area contributed by atoms with Gasteiger partial charge < -0.3 is 29.3 Å². The Kier molecular flexibility index (Phi) is 11.9. The minimum absolute atomic E-state index is 0.0146. The van der Waals surface area contributed by atoms with Gasteiger partial charge in [0.05, 0.1) is 42.3 Å². The molecule has 1 aromatic heterocycles. The molecule has 4 fully saturated rings. The largest absolute Gasteiger partial charge is 0.497 e. The van der Waals surface area contributed by atoms with Gasteiger partial charge in [0.2, 0.25) is 27.7 Å². The number of nitrogens with zero attached hydrogens (tertiary/aromatic N) is 3. The zero-order valence-corrected chi connectivity index (χ0v) is 35.3. The molecule has 2 aliphatic carbocycles. The Bertz CT molecular complexity index is 2260. The first kappa shape index (κ1) is 41.7. The van der Waals surface area contributed by atoms with Gasteiger partial charge in [-0.15, -0.1) is 0 Å². The minimum Gasteiger partial charge on any atom is -0.497 e. The molecule has 2 saturated carbocycles. The quantitative estimate of drug-likeness (QED) is 0.282. The number of carbonyl (C=O) groups is 4. The second-order valence-corrected chi connectivity index (χ2v) is 19.2. The van der Waals surface area contributed by atoms with Crippen LogP contribution >= 0.6 is 0 Å². The number of carbonyl (C=O) groups excluding carboxylic acids is 4. The van der Waals surface area contributed by atoms with Gasteiger partial charge in [-0.25, -0.2) is 13.4 Å². The fourth-order valence-corrected chi connectivity index (χ4v) is 10.4. The minimum atomic E-state index is -3.90. The van der Waals surface area contributed by atoms with Crippen molar-refractivity contribution >= 4 is 44.6 Å². The summed E-state index contributed by atoms with van der Waals surface area (Å²) in [5.74, 6) is -1.79. The molecule has 4 heterocycles. The monoisotopic (exact) mass is 841 g/mol. The smallest absolute Gasteiger partial charge is 0.259 e. The van der Waals surface area contributed by atoms with Crippen molar-refractivity contribution in [2.45, 2.75) is 113 Å². The third-order valence-corrected chi connectivity index (χ3v) is 14.3. The van der Waals surface area contributed by atoms with Crippen LogP contribution in [0.25, 0.3) is 22.2 Å². The van der Waals surface area contributed by atoms with Crippen LogP contribution in [-0.4, -0.2) is 109 Å². The van der Waals surface area contributed by atoms with Crippen LogP contribution in [0.5, 0.6) is 11.5 Å². The lowest BCUT2D eigenvalue weighted by Crippen LogP contribution is -2.57. The fraction of sp³-hybridized carbons (Fsp3) is 0.533. The number of morpholine rings is 1. The topological polar surface area (TPSA) is 174 Å². The summed E-state index contributed by atoms with van der Waals surface area (Å²) in [4.78, 5) is 65.6.